The van der Waals surface area contributed by atoms with Gasteiger partial charge in [0.2, 0.25) is 5.91 Å². The van der Waals surface area contributed by atoms with Crippen molar-refractivity contribution in [3.63, 3.8) is 0 Å². The molecule has 1 aromatic carbocycles. The zero-order valence-corrected chi connectivity index (χ0v) is 14.6. The van der Waals surface area contributed by atoms with Crippen LogP contribution in [-0.4, -0.2) is 33.5 Å². The summed E-state index contributed by atoms with van der Waals surface area (Å²) in [6.07, 6.45) is 0. The summed E-state index contributed by atoms with van der Waals surface area (Å²) in [4.78, 5) is 29.9. The summed E-state index contributed by atoms with van der Waals surface area (Å²) < 4.78 is 0. The molecule has 0 unspecified atom stereocenters. The van der Waals surface area contributed by atoms with Crippen LogP contribution in [0.4, 0.5) is 5.69 Å². The van der Waals surface area contributed by atoms with E-state index in [1.165, 1.54) is 11.3 Å². The topological polar surface area (TPSA) is 99.8 Å². The molecule has 0 fully saturated rings. The van der Waals surface area contributed by atoms with Gasteiger partial charge in [0.25, 0.3) is 5.91 Å². The van der Waals surface area contributed by atoms with Gasteiger partial charge in [-0.2, -0.15) is 5.10 Å². The lowest BCUT2D eigenvalue weighted by Crippen LogP contribution is -2.32. The summed E-state index contributed by atoms with van der Waals surface area (Å²) in [7, 11) is 0. The van der Waals surface area contributed by atoms with Crippen molar-refractivity contribution >= 4 is 28.8 Å². The summed E-state index contributed by atoms with van der Waals surface area (Å²) in [6.45, 7) is 3.65. The number of rotatable bonds is 5. The van der Waals surface area contributed by atoms with Gasteiger partial charge in [-0.05, 0) is 38.1 Å². The van der Waals surface area contributed by atoms with E-state index in [2.05, 4.69) is 25.8 Å². The number of aromatic nitrogens is 3. The molecule has 2 heterocycles. The molecule has 0 aliphatic carbocycles. The van der Waals surface area contributed by atoms with Crippen molar-refractivity contribution in [1.29, 1.82) is 0 Å². The first-order chi connectivity index (χ1) is 12.0. The summed E-state index contributed by atoms with van der Waals surface area (Å²) in [5, 5.41) is 12.2. The largest absolute Gasteiger partial charge is 0.342 e. The molecule has 0 aliphatic heterocycles. The highest BCUT2D eigenvalue weighted by molar-refractivity contribution is 7.13. The van der Waals surface area contributed by atoms with Gasteiger partial charge in [-0.15, -0.1) is 11.3 Å². The minimum atomic E-state index is -0.301. The van der Waals surface area contributed by atoms with Crippen molar-refractivity contribution in [2.24, 2.45) is 0 Å². The van der Waals surface area contributed by atoms with Crippen LogP contribution < -0.4 is 10.6 Å². The molecule has 3 rings (SSSR count). The molecule has 7 nitrogen and oxygen atoms in total. The fourth-order valence-corrected chi connectivity index (χ4v) is 3.00. The van der Waals surface area contributed by atoms with Crippen LogP contribution >= 0.6 is 11.3 Å². The van der Waals surface area contributed by atoms with Gasteiger partial charge in [-0.25, -0.2) is 4.98 Å². The molecule has 2 aromatic heterocycles. The quantitative estimate of drug-likeness (QED) is 0.655. The number of benzene rings is 1. The number of carbonyl (C=O) groups is 2. The molecular weight excluding hydrogens is 338 g/mol. The van der Waals surface area contributed by atoms with Crippen molar-refractivity contribution in [2.75, 3.05) is 11.9 Å². The van der Waals surface area contributed by atoms with Gasteiger partial charge < -0.3 is 10.6 Å². The van der Waals surface area contributed by atoms with Crippen LogP contribution in [0.3, 0.4) is 0 Å². The number of H-pyrrole nitrogens is 1. The van der Waals surface area contributed by atoms with Gasteiger partial charge >= 0.3 is 0 Å². The summed E-state index contributed by atoms with van der Waals surface area (Å²) >= 11 is 1.39. The molecule has 3 N–H and O–H groups in total. The Balaban J connectivity index is 1.58. The third-order valence-corrected chi connectivity index (χ3v) is 4.37. The maximum absolute atomic E-state index is 12.0. The molecule has 128 valence electrons. The molecule has 0 bridgehead atoms. The highest BCUT2D eigenvalue weighted by Crippen LogP contribution is 2.19. The van der Waals surface area contributed by atoms with Crippen LogP contribution in [0.2, 0.25) is 0 Å². The number of nitrogens with zero attached hydrogens (tertiary/aromatic N) is 2. The fourth-order valence-electron chi connectivity index (χ4n) is 2.22. The lowest BCUT2D eigenvalue weighted by molar-refractivity contribution is -0.115. The van der Waals surface area contributed by atoms with E-state index in [0.717, 1.165) is 16.3 Å². The van der Waals surface area contributed by atoms with Crippen LogP contribution in [0.1, 0.15) is 20.4 Å². The Labute approximate surface area is 148 Å². The molecule has 0 saturated carbocycles. The number of carbonyl (C=O) groups excluding carboxylic acids is 2. The molecule has 0 aliphatic rings. The SMILES string of the molecule is Cc1nc(-c2cccc(NC(=O)CNC(=O)c3ccc(C)s3)c2)n[nH]1. The molecular formula is C17H17N5O2S. The van der Waals surface area contributed by atoms with E-state index < -0.39 is 0 Å². The maximum Gasteiger partial charge on any atom is 0.261 e. The Bertz CT molecular complexity index is 915. The molecule has 0 radical (unpaired) electrons. The lowest BCUT2D eigenvalue weighted by Gasteiger charge is -2.07. The van der Waals surface area contributed by atoms with Gasteiger partial charge in [0.1, 0.15) is 5.82 Å². The minimum absolute atomic E-state index is 0.0974. The molecule has 0 spiro atoms. The number of thiophene rings is 1. The standard InChI is InChI=1S/C17H17N5O2S/c1-10-6-7-14(25-10)17(24)18-9-15(23)20-13-5-3-4-12(8-13)16-19-11(2)21-22-16/h3-8H,9H2,1-2H3,(H,18,24)(H,20,23)(H,19,21,22). The lowest BCUT2D eigenvalue weighted by atomic mass is 10.2. The predicted octanol–water partition coefficient (Wildman–Crippen LogP) is 2.52. The third-order valence-electron chi connectivity index (χ3n) is 3.38. The molecule has 0 saturated heterocycles. The summed E-state index contributed by atoms with van der Waals surface area (Å²) in [5.74, 6) is 0.731. The van der Waals surface area contributed by atoms with Gasteiger partial charge in [-0.1, -0.05) is 12.1 Å². The van der Waals surface area contributed by atoms with Gasteiger partial charge in [0, 0.05) is 16.1 Å². The Morgan fingerprint density at radius 2 is 2.04 bits per heavy atom. The van der Waals surface area contributed by atoms with Crippen molar-refractivity contribution in [3.8, 4) is 11.4 Å². The van der Waals surface area contributed by atoms with Crippen molar-refractivity contribution in [2.45, 2.75) is 13.8 Å². The Morgan fingerprint density at radius 1 is 1.20 bits per heavy atom. The minimum Gasteiger partial charge on any atom is -0.342 e. The summed E-state index contributed by atoms with van der Waals surface area (Å²) in [6, 6.07) is 10.8. The zero-order chi connectivity index (χ0) is 17.8. The van der Waals surface area contributed by atoms with E-state index in [0.29, 0.717) is 16.4 Å². The zero-order valence-electron chi connectivity index (χ0n) is 13.8. The predicted molar refractivity (Wildman–Crippen MR) is 96.6 cm³/mol. The molecule has 3 aromatic rings. The van der Waals surface area contributed by atoms with Gasteiger partial charge in [0.05, 0.1) is 11.4 Å². The normalized spacial score (nSPS) is 10.5. The van der Waals surface area contributed by atoms with Gasteiger partial charge in [0.15, 0.2) is 5.82 Å². The number of aromatic amines is 1. The molecule has 2 amide bonds. The third kappa shape index (κ3) is 4.30. The van der Waals surface area contributed by atoms with E-state index >= 15 is 0 Å². The van der Waals surface area contributed by atoms with Crippen LogP contribution in [0, 0.1) is 13.8 Å². The first-order valence-electron chi connectivity index (χ1n) is 7.65. The smallest absolute Gasteiger partial charge is 0.261 e. The first-order valence-corrected chi connectivity index (χ1v) is 8.47. The van der Waals surface area contributed by atoms with Crippen LogP contribution in [0.5, 0.6) is 0 Å². The fraction of sp³-hybridized carbons (Fsp3) is 0.176. The Morgan fingerprint density at radius 3 is 2.72 bits per heavy atom. The average molecular weight is 355 g/mol. The van der Waals surface area contributed by atoms with Crippen LogP contribution in [0.25, 0.3) is 11.4 Å². The number of nitrogens with one attached hydrogen (secondary N) is 3. The highest BCUT2D eigenvalue weighted by Gasteiger charge is 2.11. The number of hydrogen-bond donors (Lipinski definition) is 3. The average Bonchev–Trinajstić information content (AvgIpc) is 3.21. The number of aryl methyl sites for hydroxylation is 2. The Hall–Kier alpha value is -3.00. The highest BCUT2D eigenvalue weighted by atomic mass is 32.1. The van der Waals surface area contributed by atoms with Crippen molar-refractivity contribution in [1.82, 2.24) is 20.5 Å². The number of amides is 2. The second-order valence-electron chi connectivity index (χ2n) is 5.47. The van der Waals surface area contributed by atoms with E-state index in [4.69, 9.17) is 0 Å². The second-order valence-corrected chi connectivity index (χ2v) is 6.75. The molecule has 25 heavy (non-hydrogen) atoms. The van der Waals surface area contributed by atoms with E-state index in [1.807, 2.05) is 32.0 Å². The second kappa shape index (κ2) is 7.27. The van der Waals surface area contributed by atoms with Gasteiger partial charge in [-0.3, -0.25) is 14.7 Å². The van der Waals surface area contributed by atoms with Crippen molar-refractivity contribution < 1.29 is 9.59 Å². The van der Waals surface area contributed by atoms with Crippen LogP contribution in [0.15, 0.2) is 36.4 Å². The van der Waals surface area contributed by atoms with Crippen LogP contribution in [-0.2, 0) is 4.79 Å². The van der Waals surface area contributed by atoms with E-state index in [9.17, 15) is 9.59 Å². The number of anilines is 1. The molecule has 0 atom stereocenters. The summed E-state index contributed by atoms with van der Waals surface area (Å²) in [5.41, 5.74) is 1.41. The van der Waals surface area contributed by atoms with Crippen molar-refractivity contribution in [3.05, 3.63) is 52.0 Å². The molecule has 8 heteroatoms. The first kappa shape index (κ1) is 16.8. The van der Waals surface area contributed by atoms with E-state index in [-0.39, 0.29) is 18.4 Å². The monoisotopic (exact) mass is 355 g/mol. The maximum atomic E-state index is 12.0. The van der Waals surface area contributed by atoms with E-state index in [1.54, 1.807) is 18.2 Å². The Kier molecular flexibility index (Phi) is 4.90. The number of hydrogen-bond acceptors (Lipinski definition) is 5.